The standard InChI is InChI=1S/C14H13N5O2/c1-9(20)18-12(7-15)13-14(16)19(8-17-13)10-3-5-11(21-2)6-4-10/h3-6,8H,16H2,1-2H3. The van der Waals surface area contributed by atoms with Crippen molar-refractivity contribution in [1.29, 1.82) is 5.26 Å². The van der Waals surface area contributed by atoms with Gasteiger partial charge in [-0.05, 0) is 24.3 Å². The van der Waals surface area contributed by atoms with Crippen LogP contribution in [0.15, 0.2) is 35.6 Å². The lowest BCUT2D eigenvalue weighted by molar-refractivity contribution is -0.115. The number of aromatic nitrogens is 2. The minimum Gasteiger partial charge on any atom is -0.497 e. The van der Waals surface area contributed by atoms with E-state index in [9.17, 15) is 4.79 Å². The number of ether oxygens (including phenoxy) is 1. The van der Waals surface area contributed by atoms with Gasteiger partial charge in [-0.2, -0.15) is 5.26 Å². The first-order valence-corrected chi connectivity index (χ1v) is 6.03. The third kappa shape index (κ3) is 2.90. The highest BCUT2D eigenvalue weighted by atomic mass is 16.5. The number of nitrogen functional groups attached to an aromatic ring is 1. The number of carbonyl (C=O) groups excluding carboxylic acids is 1. The van der Waals surface area contributed by atoms with Crippen LogP contribution in [0.3, 0.4) is 0 Å². The molecule has 0 radical (unpaired) electrons. The predicted molar refractivity (Wildman–Crippen MR) is 77.4 cm³/mol. The number of carbonyl (C=O) groups is 1. The zero-order chi connectivity index (χ0) is 15.4. The maximum atomic E-state index is 11.0. The summed E-state index contributed by atoms with van der Waals surface area (Å²) in [7, 11) is 1.58. The summed E-state index contributed by atoms with van der Waals surface area (Å²) in [6.45, 7) is 1.26. The predicted octanol–water partition coefficient (Wildman–Crippen LogP) is 1.32. The Balaban J connectivity index is 2.45. The molecule has 1 aromatic carbocycles. The van der Waals surface area contributed by atoms with Crippen molar-refractivity contribution in [3.05, 3.63) is 36.3 Å². The SMILES string of the molecule is COc1ccc(-n2cnc(C(C#N)=NC(C)=O)c2N)cc1. The number of benzene rings is 1. The lowest BCUT2D eigenvalue weighted by Gasteiger charge is -2.06. The van der Waals surface area contributed by atoms with E-state index in [-0.39, 0.29) is 17.2 Å². The molecule has 0 unspecified atom stereocenters. The van der Waals surface area contributed by atoms with E-state index in [1.807, 2.05) is 6.07 Å². The van der Waals surface area contributed by atoms with E-state index in [0.29, 0.717) is 5.75 Å². The monoisotopic (exact) mass is 283 g/mol. The zero-order valence-corrected chi connectivity index (χ0v) is 11.6. The van der Waals surface area contributed by atoms with Gasteiger partial charge in [-0.1, -0.05) is 0 Å². The fraction of sp³-hybridized carbons (Fsp3) is 0.143. The van der Waals surface area contributed by atoms with Crippen LogP contribution < -0.4 is 10.5 Å². The molecule has 21 heavy (non-hydrogen) atoms. The summed E-state index contributed by atoms with van der Waals surface area (Å²) in [6, 6.07) is 8.99. The average Bonchev–Trinajstić information content (AvgIpc) is 2.86. The van der Waals surface area contributed by atoms with Crippen molar-refractivity contribution in [3.8, 4) is 17.5 Å². The minimum absolute atomic E-state index is 0.104. The lowest BCUT2D eigenvalue weighted by atomic mass is 10.2. The van der Waals surface area contributed by atoms with Gasteiger partial charge in [0.05, 0.1) is 7.11 Å². The van der Waals surface area contributed by atoms with Crippen LogP contribution in [0.4, 0.5) is 5.82 Å². The fourth-order valence-corrected chi connectivity index (χ4v) is 1.78. The molecule has 2 aromatic rings. The molecule has 0 spiro atoms. The number of aliphatic imine (C=N–C) groups is 1. The summed E-state index contributed by atoms with van der Waals surface area (Å²) in [5, 5.41) is 9.05. The first-order valence-electron chi connectivity index (χ1n) is 6.03. The van der Waals surface area contributed by atoms with E-state index >= 15 is 0 Å². The second-order valence-electron chi connectivity index (χ2n) is 4.14. The number of nitrogens with zero attached hydrogens (tertiary/aromatic N) is 4. The summed E-state index contributed by atoms with van der Waals surface area (Å²) < 4.78 is 6.68. The number of rotatable bonds is 3. The molecule has 0 bridgehead atoms. The molecule has 0 atom stereocenters. The summed E-state index contributed by atoms with van der Waals surface area (Å²) >= 11 is 0. The van der Waals surface area contributed by atoms with Crippen molar-refractivity contribution in [1.82, 2.24) is 9.55 Å². The molecule has 1 amide bonds. The van der Waals surface area contributed by atoms with Gasteiger partial charge in [-0.3, -0.25) is 9.36 Å². The fourth-order valence-electron chi connectivity index (χ4n) is 1.78. The first kappa shape index (κ1) is 14.3. The maximum absolute atomic E-state index is 11.0. The number of imidazole rings is 1. The topological polar surface area (TPSA) is 106 Å². The summed E-state index contributed by atoms with van der Waals surface area (Å²) in [5.41, 5.74) is 6.82. The van der Waals surface area contributed by atoms with E-state index < -0.39 is 5.91 Å². The smallest absolute Gasteiger partial charge is 0.243 e. The van der Waals surface area contributed by atoms with Crippen LogP contribution in [0.1, 0.15) is 12.6 Å². The molecule has 7 nitrogen and oxygen atoms in total. The molecule has 106 valence electrons. The molecule has 0 aliphatic rings. The second-order valence-corrected chi connectivity index (χ2v) is 4.14. The molecular formula is C14H13N5O2. The van der Waals surface area contributed by atoms with Gasteiger partial charge in [0.15, 0.2) is 5.71 Å². The highest BCUT2D eigenvalue weighted by Crippen LogP contribution is 2.20. The van der Waals surface area contributed by atoms with Crippen molar-refractivity contribution in [2.24, 2.45) is 4.99 Å². The van der Waals surface area contributed by atoms with Gasteiger partial charge in [-0.25, -0.2) is 9.98 Å². The van der Waals surface area contributed by atoms with Crippen LogP contribution in [0, 0.1) is 11.3 Å². The number of nitrogens with two attached hydrogens (primary N) is 1. The van der Waals surface area contributed by atoms with Crippen molar-refractivity contribution >= 4 is 17.4 Å². The average molecular weight is 283 g/mol. The molecule has 0 saturated heterocycles. The van der Waals surface area contributed by atoms with Crippen LogP contribution >= 0.6 is 0 Å². The number of hydrogen-bond acceptors (Lipinski definition) is 5. The van der Waals surface area contributed by atoms with Crippen LogP contribution in [0.25, 0.3) is 5.69 Å². The minimum atomic E-state index is -0.482. The van der Waals surface area contributed by atoms with Gasteiger partial charge in [0, 0.05) is 12.6 Å². The van der Waals surface area contributed by atoms with E-state index in [4.69, 9.17) is 15.7 Å². The van der Waals surface area contributed by atoms with Gasteiger partial charge in [0.2, 0.25) is 5.91 Å². The maximum Gasteiger partial charge on any atom is 0.243 e. The highest BCUT2D eigenvalue weighted by molar-refractivity contribution is 6.16. The normalized spacial score (nSPS) is 11.0. The van der Waals surface area contributed by atoms with Gasteiger partial charge in [-0.15, -0.1) is 0 Å². The summed E-state index contributed by atoms with van der Waals surface area (Å²) in [5.74, 6) is 0.472. The van der Waals surface area contributed by atoms with Gasteiger partial charge in [0.25, 0.3) is 0 Å². The molecule has 2 rings (SSSR count). The van der Waals surface area contributed by atoms with E-state index in [0.717, 1.165) is 5.69 Å². The summed E-state index contributed by atoms with van der Waals surface area (Å²) in [6.07, 6.45) is 1.47. The number of hydrogen-bond donors (Lipinski definition) is 1. The summed E-state index contributed by atoms with van der Waals surface area (Å²) in [4.78, 5) is 18.7. The largest absolute Gasteiger partial charge is 0.497 e. The molecule has 1 aromatic heterocycles. The quantitative estimate of drug-likeness (QED) is 0.855. The molecule has 0 saturated carbocycles. The highest BCUT2D eigenvalue weighted by Gasteiger charge is 2.15. The number of anilines is 1. The molecular weight excluding hydrogens is 270 g/mol. The second kappa shape index (κ2) is 5.88. The lowest BCUT2D eigenvalue weighted by Crippen LogP contribution is -2.07. The number of nitriles is 1. The van der Waals surface area contributed by atoms with Gasteiger partial charge < -0.3 is 10.5 Å². The Labute approximate surface area is 121 Å². The number of methoxy groups -OCH3 is 1. The Bertz CT molecular complexity index is 738. The number of amides is 1. The Morgan fingerprint density at radius 3 is 2.62 bits per heavy atom. The van der Waals surface area contributed by atoms with Gasteiger partial charge >= 0.3 is 0 Å². The molecule has 0 aliphatic carbocycles. The van der Waals surface area contributed by atoms with E-state index in [2.05, 4.69) is 9.98 Å². The molecule has 1 heterocycles. The molecule has 2 N–H and O–H groups in total. The van der Waals surface area contributed by atoms with Crippen LogP contribution in [-0.2, 0) is 4.79 Å². The van der Waals surface area contributed by atoms with Crippen molar-refractivity contribution in [3.63, 3.8) is 0 Å². The van der Waals surface area contributed by atoms with E-state index in [1.165, 1.54) is 13.3 Å². The Morgan fingerprint density at radius 1 is 1.43 bits per heavy atom. The molecule has 0 fully saturated rings. The first-order chi connectivity index (χ1) is 10.1. The molecule has 0 aliphatic heterocycles. The third-order valence-corrected chi connectivity index (χ3v) is 2.75. The Hall–Kier alpha value is -3.14. The van der Waals surface area contributed by atoms with Crippen LogP contribution in [0.2, 0.25) is 0 Å². The van der Waals surface area contributed by atoms with Crippen molar-refractivity contribution in [2.75, 3.05) is 12.8 Å². The zero-order valence-electron chi connectivity index (χ0n) is 11.6. The van der Waals surface area contributed by atoms with Crippen molar-refractivity contribution in [2.45, 2.75) is 6.92 Å². The Kier molecular flexibility index (Phi) is 4.00. The third-order valence-electron chi connectivity index (χ3n) is 2.75. The van der Waals surface area contributed by atoms with Gasteiger partial charge in [0.1, 0.15) is 29.7 Å². The molecule has 7 heteroatoms. The van der Waals surface area contributed by atoms with E-state index in [1.54, 1.807) is 35.9 Å². The van der Waals surface area contributed by atoms with Crippen molar-refractivity contribution < 1.29 is 9.53 Å². The van der Waals surface area contributed by atoms with Crippen LogP contribution in [0.5, 0.6) is 5.75 Å². The van der Waals surface area contributed by atoms with Crippen LogP contribution in [-0.4, -0.2) is 28.3 Å². The Morgan fingerprint density at radius 2 is 2.10 bits per heavy atom.